The van der Waals surface area contributed by atoms with Crippen molar-refractivity contribution in [2.45, 2.75) is 31.7 Å². The molecule has 0 bridgehead atoms. The number of benzene rings is 2. The van der Waals surface area contributed by atoms with Crippen LogP contribution in [0.5, 0.6) is 0 Å². The first kappa shape index (κ1) is 25.6. The topological polar surface area (TPSA) is 70.6 Å². The van der Waals surface area contributed by atoms with Crippen molar-refractivity contribution in [3.8, 4) is 0 Å². The first-order chi connectivity index (χ1) is 13.2. The minimum Gasteiger partial charge on any atom is -0.357 e. The van der Waals surface area contributed by atoms with E-state index in [-0.39, 0.29) is 29.8 Å². The average Bonchev–Trinajstić information content (AvgIpc) is 2.60. The SMILES string of the molecule is CCNC(=NCc1ccc(S(C)(=O)=O)c(C)c1)NCCc1ccc(F)cc1Cl.I. The van der Waals surface area contributed by atoms with Gasteiger partial charge in [0.25, 0.3) is 0 Å². The molecule has 0 saturated heterocycles. The monoisotopic (exact) mass is 553 g/mol. The molecule has 0 amide bonds. The summed E-state index contributed by atoms with van der Waals surface area (Å²) in [6.07, 6.45) is 1.83. The van der Waals surface area contributed by atoms with E-state index in [1.807, 2.05) is 13.0 Å². The Hall–Kier alpha value is -1.39. The molecule has 0 radical (unpaired) electrons. The molecular weight excluding hydrogens is 528 g/mol. The minimum absolute atomic E-state index is 0. The summed E-state index contributed by atoms with van der Waals surface area (Å²) < 4.78 is 36.5. The maximum atomic E-state index is 13.1. The molecule has 2 aromatic rings. The Kier molecular flexibility index (Phi) is 10.4. The summed E-state index contributed by atoms with van der Waals surface area (Å²) in [6.45, 7) is 5.45. The highest BCUT2D eigenvalue weighted by Gasteiger charge is 2.10. The molecule has 0 fully saturated rings. The largest absolute Gasteiger partial charge is 0.357 e. The van der Waals surface area contributed by atoms with E-state index in [0.717, 1.165) is 11.1 Å². The van der Waals surface area contributed by atoms with Crippen LogP contribution in [0, 0.1) is 12.7 Å². The van der Waals surface area contributed by atoms with Crippen molar-refractivity contribution in [3.63, 3.8) is 0 Å². The molecule has 160 valence electrons. The van der Waals surface area contributed by atoms with Crippen molar-refractivity contribution in [1.29, 1.82) is 0 Å². The summed E-state index contributed by atoms with van der Waals surface area (Å²) in [5.41, 5.74) is 2.49. The third-order valence-corrected chi connectivity index (χ3v) is 5.71. The van der Waals surface area contributed by atoms with Crippen LogP contribution in [-0.2, 0) is 22.8 Å². The molecule has 0 aromatic heterocycles. The molecule has 0 saturated carbocycles. The van der Waals surface area contributed by atoms with Crippen LogP contribution in [-0.4, -0.2) is 33.7 Å². The number of hydrogen-bond donors (Lipinski definition) is 2. The zero-order valence-electron chi connectivity index (χ0n) is 16.6. The summed E-state index contributed by atoms with van der Waals surface area (Å²) in [7, 11) is -3.23. The van der Waals surface area contributed by atoms with Gasteiger partial charge in [0.05, 0.1) is 11.4 Å². The third kappa shape index (κ3) is 8.10. The van der Waals surface area contributed by atoms with Crippen molar-refractivity contribution < 1.29 is 12.8 Å². The predicted molar refractivity (Wildman–Crippen MR) is 128 cm³/mol. The summed E-state index contributed by atoms with van der Waals surface area (Å²) in [5, 5.41) is 6.79. The summed E-state index contributed by atoms with van der Waals surface area (Å²) in [6, 6.07) is 9.60. The molecule has 2 N–H and O–H groups in total. The van der Waals surface area contributed by atoms with E-state index in [4.69, 9.17) is 11.6 Å². The molecule has 5 nitrogen and oxygen atoms in total. The number of aryl methyl sites for hydroxylation is 1. The maximum Gasteiger partial charge on any atom is 0.191 e. The molecule has 0 heterocycles. The highest BCUT2D eigenvalue weighted by atomic mass is 127. The number of sulfone groups is 1. The fourth-order valence-electron chi connectivity index (χ4n) is 2.78. The Morgan fingerprint density at radius 1 is 1.17 bits per heavy atom. The standard InChI is InChI=1S/C20H25ClFN3O2S.HI/c1-4-23-20(24-10-9-16-6-7-17(22)12-18(16)21)25-13-15-5-8-19(14(2)11-15)28(3,26)27;/h5-8,11-12H,4,9-10,13H2,1-3H3,(H2,23,24,25);1H. The number of nitrogens with one attached hydrogen (secondary N) is 2. The molecule has 0 spiro atoms. The summed E-state index contributed by atoms with van der Waals surface area (Å²) >= 11 is 6.05. The first-order valence-corrected chi connectivity index (χ1v) is 11.2. The molecule has 9 heteroatoms. The Labute approximate surface area is 194 Å². The zero-order valence-corrected chi connectivity index (χ0v) is 20.5. The lowest BCUT2D eigenvalue weighted by Crippen LogP contribution is -2.38. The second-order valence-corrected chi connectivity index (χ2v) is 8.87. The maximum absolute atomic E-state index is 13.1. The lowest BCUT2D eigenvalue weighted by atomic mass is 10.1. The van der Waals surface area contributed by atoms with Gasteiger partial charge in [-0.25, -0.2) is 17.8 Å². The van der Waals surface area contributed by atoms with Crippen molar-refractivity contribution in [2.75, 3.05) is 19.3 Å². The number of guanidine groups is 1. The second-order valence-electron chi connectivity index (χ2n) is 6.48. The highest BCUT2D eigenvalue weighted by molar-refractivity contribution is 14.0. The van der Waals surface area contributed by atoms with Gasteiger partial charge in [0.2, 0.25) is 0 Å². The van der Waals surface area contributed by atoms with Gasteiger partial charge in [0.15, 0.2) is 15.8 Å². The van der Waals surface area contributed by atoms with Gasteiger partial charge in [-0.1, -0.05) is 29.8 Å². The minimum atomic E-state index is -3.23. The van der Waals surface area contributed by atoms with Gasteiger partial charge >= 0.3 is 0 Å². The van der Waals surface area contributed by atoms with Crippen molar-refractivity contribution in [3.05, 3.63) is 63.9 Å². The molecule has 0 aliphatic carbocycles. The number of aliphatic imine (C=N–C) groups is 1. The zero-order chi connectivity index (χ0) is 20.7. The number of rotatable bonds is 7. The van der Waals surface area contributed by atoms with Crippen LogP contribution >= 0.6 is 35.6 Å². The second kappa shape index (κ2) is 11.7. The van der Waals surface area contributed by atoms with Crippen LogP contribution in [0.4, 0.5) is 4.39 Å². The third-order valence-electron chi connectivity index (χ3n) is 4.10. The van der Waals surface area contributed by atoms with Crippen LogP contribution < -0.4 is 10.6 Å². The molecule has 0 unspecified atom stereocenters. The van der Waals surface area contributed by atoms with Crippen LogP contribution in [0.15, 0.2) is 46.3 Å². The summed E-state index contributed by atoms with van der Waals surface area (Å²) in [5.74, 6) is 0.291. The molecule has 0 aliphatic rings. The Morgan fingerprint density at radius 2 is 1.90 bits per heavy atom. The average molecular weight is 554 g/mol. The molecular formula is C20H26ClFIN3O2S. The first-order valence-electron chi connectivity index (χ1n) is 8.96. The van der Waals surface area contributed by atoms with Crippen LogP contribution in [0.25, 0.3) is 0 Å². The molecule has 29 heavy (non-hydrogen) atoms. The van der Waals surface area contributed by atoms with Gasteiger partial charge in [-0.3, -0.25) is 0 Å². The van der Waals surface area contributed by atoms with Crippen LogP contribution in [0.2, 0.25) is 5.02 Å². The van der Waals surface area contributed by atoms with E-state index in [1.54, 1.807) is 25.1 Å². The van der Waals surface area contributed by atoms with Crippen molar-refractivity contribution in [2.24, 2.45) is 4.99 Å². The Morgan fingerprint density at radius 3 is 2.48 bits per heavy atom. The summed E-state index contributed by atoms with van der Waals surface area (Å²) in [4.78, 5) is 4.87. The van der Waals surface area contributed by atoms with Gasteiger partial charge in [-0.05, 0) is 55.2 Å². The van der Waals surface area contributed by atoms with E-state index in [0.29, 0.717) is 47.5 Å². The fraction of sp³-hybridized carbons (Fsp3) is 0.350. The van der Waals surface area contributed by atoms with E-state index in [2.05, 4.69) is 15.6 Å². The Balaban J connectivity index is 0.00000420. The normalized spacial score (nSPS) is 11.7. The van der Waals surface area contributed by atoms with Crippen molar-refractivity contribution >= 4 is 51.4 Å². The van der Waals surface area contributed by atoms with Gasteiger partial charge in [-0.2, -0.15) is 0 Å². The number of hydrogen-bond acceptors (Lipinski definition) is 3. The smallest absolute Gasteiger partial charge is 0.191 e. The molecule has 0 atom stereocenters. The van der Waals surface area contributed by atoms with Gasteiger partial charge < -0.3 is 10.6 Å². The van der Waals surface area contributed by atoms with E-state index in [1.165, 1.54) is 18.4 Å². The van der Waals surface area contributed by atoms with Crippen molar-refractivity contribution in [1.82, 2.24) is 10.6 Å². The van der Waals surface area contributed by atoms with E-state index in [9.17, 15) is 12.8 Å². The fourth-order valence-corrected chi connectivity index (χ4v) is 4.00. The van der Waals surface area contributed by atoms with Gasteiger partial charge in [0.1, 0.15) is 5.82 Å². The van der Waals surface area contributed by atoms with Crippen LogP contribution in [0.1, 0.15) is 23.6 Å². The molecule has 0 aliphatic heterocycles. The Bertz CT molecular complexity index is 968. The van der Waals surface area contributed by atoms with Crippen LogP contribution in [0.3, 0.4) is 0 Å². The molecule has 2 aromatic carbocycles. The van der Waals surface area contributed by atoms with Gasteiger partial charge in [0, 0.05) is 24.4 Å². The lowest BCUT2D eigenvalue weighted by molar-refractivity contribution is 0.601. The number of halogens is 3. The highest BCUT2D eigenvalue weighted by Crippen LogP contribution is 2.18. The number of nitrogens with zero attached hydrogens (tertiary/aromatic N) is 1. The quantitative estimate of drug-likeness (QED) is 0.308. The van der Waals surface area contributed by atoms with E-state index >= 15 is 0 Å². The van der Waals surface area contributed by atoms with Gasteiger partial charge in [-0.15, -0.1) is 24.0 Å². The predicted octanol–water partition coefficient (Wildman–Crippen LogP) is 4.11. The van der Waals surface area contributed by atoms with E-state index < -0.39 is 9.84 Å². The lowest BCUT2D eigenvalue weighted by Gasteiger charge is -2.12. The molecule has 2 rings (SSSR count).